The Labute approximate surface area is 128 Å². The van der Waals surface area contributed by atoms with Gasteiger partial charge in [0.1, 0.15) is 11.5 Å². The van der Waals surface area contributed by atoms with Crippen LogP contribution < -0.4 is 10.6 Å². The van der Waals surface area contributed by atoms with E-state index in [4.69, 9.17) is 4.42 Å². The average Bonchev–Trinajstić information content (AvgIpc) is 3.10. The quantitative estimate of drug-likeness (QED) is 0.772. The van der Waals surface area contributed by atoms with Crippen molar-refractivity contribution in [2.24, 2.45) is 0 Å². The first kappa shape index (κ1) is 14.1. The molecule has 0 fully saturated rings. The molecule has 7 nitrogen and oxygen atoms in total. The molecule has 0 atom stereocenters. The molecule has 0 spiro atoms. The number of aryl methyl sites for hydroxylation is 1. The van der Waals surface area contributed by atoms with Crippen LogP contribution in [0, 0.1) is 12.7 Å². The minimum atomic E-state index is -0.573. The number of carbonyl (C=O) groups excluding carboxylic acids is 1. The van der Waals surface area contributed by atoms with E-state index < -0.39 is 6.03 Å². The second-order valence-corrected chi connectivity index (χ2v) is 5.31. The van der Waals surface area contributed by atoms with Crippen molar-refractivity contribution in [3.63, 3.8) is 0 Å². The van der Waals surface area contributed by atoms with Gasteiger partial charge in [-0.2, -0.15) is 0 Å². The third-order valence-corrected chi connectivity index (χ3v) is 3.36. The van der Waals surface area contributed by atoms with E-state index in [1.165, 1.54) is 35.6 Å². The maximum atomic E-state index is 12.8. The number of hydrogen-bond acceptors (Lipinski definition) is 6. The van der Waals surface area contributed by atoms with Crippen LogP contribution in [0.15, 0.2) is 34.1 Å². The first-order chi connectivity index (χ1) is 10.6. The van der Waals surface area contributed by atoms with E-state index in [-0.39, 0.29) is 17.7 Å². The number of aromatic nitrogens is 3. The van der Waals surface area contributed by atoms with Crippen molar-refractivity contribution >= 4 is 29.1 Å². The lowest BCUT2D eigenvalue weighted by atomic mass is 10.3. The van der Waals surface area contributed by atoms with Crippen LogP contribution in [-0.2, 0) is 0 Å². The minimum absolute atomic E-state index is 0.0553. The average molecular weight is 319 g/mol. The molecule has 0 bridgehead atoms. The van der Waals surface area contributed by atoms with Crippen molar-refractivity contribution in [3.05, 3.63) is 40.5 Å². The van der Waals surface area contributed by atoms with Crippen LogP contribution in [0.5, 0.6) is 0 Å². The lowest BCUT2D eigenvalue weighted by Gasteiger charge is -2.03. The Morgan fingerprint density at radius 1 is 1.23 bits per heavy atom. The zero-order chi connectivity index (χ0) is 15.5. The SMILES string of the molecule is Cc1nc(-c2nnc(NC(=O)Nc3ccc(F)cc3)o2)cs1. The Hall–Kier alpha value is -2.81. The van der Waals surface area contributed by atoms with Crippen molar-refractivity contribution in [2.45, 2.75) is 6.92 Å². The van der Waals surface area contributed by atoms with Crippen LogP contribution in [0.3, 0.4) is 0 Å². The maximum absolute atomic E-state index is 12.8. The van der Waals surface area contributed by atoms with Crippen molar-refractivity contribution < 1.29 is 13.6 Å². The van der Waals surface area contributed by atoms with Crippen LogP contribution in [0.2, 0.25) is 0 Å². The standard InChI is InChI=1S/C13H10FN5O2S/c1-7-15-10(6-22-7)11-18-19-13(21-11)17-12(20)16-9-4-2-8(14)3-5-9/h2-6H,1H3,(H2,16,17,19,20). The number of carbonyl (C=O) groups is 1. The van der Waals surface area contributed by atoms with Crippen LogP contribution in [0.25, 0.3) is 11.6 Å². The lowest BCUT2D eigenvalue weighted by Crippen LogP contribution is -2.19. The van der Waals surface area contributed by atoms with E-state index in [2.05, 4.69) is 25.8 Å². The molecule has 3 rings (SSSR count). The Morgan fingerprint density at radius 3 is 2.68 bits per heavy atom. The van der Waals surface area contributed by atoms with E-state index in [1.807, 2.05) is 6.92 Å². The topological polar surface area (TPSA) is 92.9 Å². The maximum Gasteiger partial charge on any atom is 0.327 e. The molecule has 0 saturated carbocycles. The highest BCUT2D eigenvalue weighted by atomic mass is 32.1. The van der Waals surface area contributed by atoms with E-state index in [0.29, 0.717) is 11.4 Å². The van der Waals surface area contributed by atoms with E-state index in [1.54, 1.807) is 5.38 Å². The van der Waals surface area contributed by atoms with Gasteiger partial charge >= 0.3 is 12.0 Å². The summed E-state index contributed by atoms with van der Waals surface area (Å²) in [6.45, 7) is 1.86. The highest BCUT2D eigenvalue weighted by Gasteiger charge is 2.13. The van der Waals surface area contributed by atoms with Crippen molar-refractivity contribution in [2.75, 3.05) is 10.6 Å². The van der Waals surface area contributed by atoms with Crippen LogP contribution in [-0.4, -0.2) is 21.2 Å². The molecule has 112 valence electrons. The fourth-order valence-electron chi connectivity index (χ4n) is 1.63. The largest absolute Gasteiger partial charge is 0.401 e. The Bertz CT molecular complexity index is 799. The van der Waals surface area contributed by atoms with Crippen LogP contribution in [0.1, 0.15) is 5.01 Å². The number of benzene rings is 1. The lowest BCUT2D eigenvalue weighted by molar-refractivity contribution is 0.261. The Morgan fingerprint density at radius 2 is 2.00 bits per heavy atom. The molecule has 2 heterocycles. The number of halogens is 1. The molecule has 0 unspecified atom stereocenters. The molecule has 0 aliphatic carbocycles. The van der Waals surface area contributed by atoms with Gasteiger partial charge in [0.25, 0.3) is 5.89 Å². The summed E-state index contributed by atoms with van der Waals surface area (Å²) in [5, 5.41) is 15.1. The highest BCUT2D eigenvalue weighted by molar-refractivity contribution is 7.09. The molecule has 9 heteroatoms. The number of nitrogens with one attached hydrogen (secondary N) is 2. The van der Waals surface area contributed by atoms with Gasteiger partial charge in [-0.3, -0.25) is 5.32 Å². The molecule has 22 heavy (non-hydrogen) atoms. The summed E-state index contributed by atoms with van der Waals surface area (Å²) in [4.78, 5) is 16.0. The molecule has 0 aliphatic rings. The van der Waals surface area contributed by atoms with Crippen molar-refractivity contribution in [1.29, 1.82) is 0 Å². The number of amides is 2. The zero-order valence-corrected chi connectivity index (χ0v) is 12.1. The first-order valence-electron chi connectivity index (χ1n) is 6.20. The van der Waals surface area contributed by atoms with Gasteiger partial charge in [-0.15, -0.1) is 16.4 Å². The summed E-state index contributed by atoms with van der Waals surface area (Å²) in [6.07, 6.45) is 0. The number of anilines is 2. The third kappa shape index (κ3) is 3.26. The van der Waals surface area contributed by atoms with Gasteiger partial charge < -0.3 is 9.73 Å². The third-order valence-electron chi connectivity index (χ3n) is 2.59. The highest BCUT2D eigenvalue weighted by Crippen LogP contribution is 2.21. The second kappa shape index (κ2) is 5.90. The van der Waals surface area contributed by atoms with Crippen LogP contribution >= 0.6 is 11.3 Å². The summed E-state index contributed by atoms with van der Waals surface area (Å²) in [5.41, 5.74) is 0.996. The molecule has 1 aromatic carbocycles. The van der Waals surface area contributed by atoms with Gasteiger partial charge in [-0.1, -0.05) is 5.10 Å². The first-order valence-corrected chi connectivity index (χ1v) is 7.08. The minimum Gasteiger partial charge on any atom is -0.401 e. The summed E-state index contributed by atoms with van der Waals surface area (Å²) >= 11 is 1.46. The van der Waals surface area contributed by atoms with Gasteiger partial charge in [0.15, 0.2) is 0 Å². The molecule has 2 amide bonds. The summed E-state index contributed by atoms with van der Waals surface area (Å²) < 4.78 is 18.1. The van der Waals surface area contributed by atoms with Gasteiger partial charge in [0, 0.05) is 11.1 Å². The van der Waals surface area contributed by atoms with Crippen molar-refractivity contribution in [1.82, 2.24) is 15.2 Å². The van der Waals surface area contributed by atoms with Gasteiger partial charge in [-0.25, -0.2) is 14.2 Å². The van der Waals surface area contributed by atoms with Gasteiger partial charge in [0.2, 0.25) is 0 Å². The normalized spacial score (nSPS) is 10.5. The summed E-state index contributed by atoms with van der Waals surface area (Å²) in [7, 11) is 0. The predicted molar refractivity (Wildman–Crippen MR) is 79.2 cm³/mol. The number of nitrogens with zero attached hydrogens (tertiary/aromatic N) is 3. The van der Waals surface area contributed by atoms with E-state index in [9.17, 15) is 9.18 Å². The number of urea groups is 1. The fraction of sp³-hybridized carbons (Fsp3) is 0.0769. The molecule has 2 aromatic heterocycles. The summed E-state index contributed by atoms with van der Waals surface area (Å²) in [6, 6.07) is 4.73. The van der Waals surface area contributed by atoms with E-state index >= 15 is 0 Å². The second-order valence-electron chi connectivity index (χ2n) is 4.25. The van der Waals surface area contributed by atoms with Crippen LogP contribution in [0.4, 0.5) is 20.9 Å². The monoisotopic (exact) mass is 319 g/mol. The van der Waals surface area contributed by atoms with Gasteiger partial charge in [0.05, 0.1) is 5.01 Å². The molecule has 2 N–H and O–H groups in total. The van der Waals surface area contributed by atoms with E-state index in [0.717, 1.165) is 5.01 Å². The number of rotatable bonds is 3. The predicted octanol–water partition coefficient (Wildman–Crippen LogP) is 3.28. The molecular weight excluding hydrogens is 309 g/mol. The molecule has 0 saturated heterocycles. The van der Waals surface area contributed by atoms with Crippen molar-refractivity contribution in [3.8, 4) is 11.6 Å². The van der Waals surface area contributed by atoms with Gasteiger partial charge in [-0.05, 0) is 31.2 Å². The molecule has 3 aromatic rings. The Balaban J connectivity index is 1.64. The zero-order valence-electron chi connectivity index (χ0n) is 11.3. The fourth-order valence-corrected chi connectivity index (χ4v) is 2.22. The molecule has 0 radical (unpaired) electrons. The number of hydrogen-bond donors (Lipinski definition) is 2. The Kier molecular flexibility index (Phi) is 3.79. The smallest absolute Gasteiger partial charge is 0.327 e. The number of thiazole rings is 1. The molecular formula is C13H10FN5O2S. The molecule has 0 aliphatic heterocycles. The summed E-state index contributed by atoms with van der Waals surface area (Å²) in [5.74, 6) is -0.160.